The average Bonchev–Trinajstić information content (AvgIpc) is 3.36. The summed E-state index contributed by atoms with van der Waals surface area (Å²) in [5, 5.41) is 0. The smallest absolute Gasteiger partial charge is 0.298 e. The molecule has 1 unspecified atom stereocenters. The molecule has 0 aromatic heterocycles. The Balaban J connectivity index is 1.87. The molecular weight excluding hydrogens is 845 g/mol. The molecule has 2 aliphatic heterocycles. The van der Waals surface area contributed by atoms with Crippen LogP contribution in [0.1, 0.15) is 44.7 Å². The fraction of sp³-hybridized carbons (Fsp3) is 0.375. The van der Waals surface area contributed by atoms with Crippen molar-refractivity contribution in [3.8, 4) is 5.75 Å². The molecule has 0 amide bonds. The highest BCUT2D eigenvalue weighted by Gasteiger charge is 2.49. The molecule has 2 aromatic rings. The van der Waals surface area contributed by atoms with Gasteiger partial charge in [-0.2, -0.15) is 46.7 Å². The lowest BCUT2D eigenvalue weighted by molar-refractivity contribution is -0.437. The van der Waals surface area contributed by atoms with Crippen molar-refractivity contribution in [1.29, 1.82) is 0 Å². The molecule has 5 N–H and O–H groups in total. The Morgan fingerprint density at radius 1 is 0.768 bits per heavy atom. The third-order valence-corrected chi connectivity index (χ3v) is 13.4. The topological polar surface area (TPSA) is 304 Å². The number of carbonyl (C=O) groups is 1. The summed E-state index contributed by atoms with van der Waals surface area (Å²) in [5.41, 5.74) is -1.92. The number of rotatable bonds is 17. The van der Waals surface area contributed by atoms with Crippen molar-refractivity contribution in [1.82, 2.24) is 0 Å². The lowest BCUT2D eigenvalue weighted by Crippen LogP contribution is -2.35. The molecule has 4 rings (SSSR count). The Labute approximate surface area is 324 Å². The molecule has 2 aliphatic rings. The Morgan fingerprint density at radius 2 is 1.39 bits per heavy atom. The molecule has 0 fully saturated rings. The van der Waals surface area contributed by atoms with E-state index in [2.05, 4.69) is 0 Å². The van der Waals surface area contributed by atoms with Gasteiger partial charge >= 0.3 is 0 Å². The van der Waals surface area contributed by atoms with E-state index in [0.29, 0.717) is 11.8 Å². The summed E-state index contributed by atoms with van der Waals surface area (Å²) in [6.45, 7) is 4.40. The van der Waals surface area contributed by atoms with Gasteiger partial charge in [-0.25, -0.2) is 0 Å². The standard InChI is InChI=1S/C32H38N2O17S5/c1-31(2)28(34(14-8-16-53(39,40)41)26-18-23(55(45,46)47)19-27(30(26)31)56(48,49)50)9-5-4-6-10-29-32(3,20-54(42,43)44)24-17-22(51-21-35)11-12-25(24)33(29)13-7-15-52(36,37)38/h4-6,9-12,17-19,21H,7-8,13-16,20H2,1-3H3,(H4-,36,37,38,39,40,41,42,43,44,45,46,47,48,49,50)/p+1. The summed E-state index contributed by atoms with van der Waals surface area (Å²) in [5.74, 6) is -2.21. The Hall–Kier alpha value is -3.85. The highest BCUT2D eigenvalue weighted by molar-refractivity contribution is 7.87. The van der Waals surface area contributed by atoms with Gasteiger partial charge in [-0.05, 0) is 63.1 Å². The molecule has 56 heavy (non-hydrogen) atoms. The minimum Gasteiger partial charge on any atom is -0.429 e. The summed E-state index contributed by atoms with van der Waals surface area (Å²) >= 11 is 0. The van der Waals surface area contributed by atoms with Crippen LogP contribution in [-0.2, 0) is 66.2 Å². The molecule has 0 radical (unpaired) electrons. The monoisotopic (exact) mass is 883 g/mol. The van der Waals surface area contributed by atoms with E-state index in [1.165, 1.54) is 73.9 Å². The predicted octanol–water partition coefficient (Wildman–Crippen LogP) is 2.31. The normalized spacial score (nSPS) is 19.6. The summed E-state index contributed by atoms with van der Waals surface area (Å²) in [4.78, 5) is 10.9. The first kappa shape index (κ1) is 44.9. The molecule has 0 spiro atoms. The maximum absolute atomic E-state index is 12.5. The van der Waals surface area contributed by atoms with E-state index >= 15 is 0 Å². The minimum absolute atomic E-state index is 0.0390. The van der Waals surface area contributed by atoms with Crippen LogP contribution >= 0.6 is 0 Å². The van der Waals surface area contributed by atoms with Gasteiger partial charge in [0, 0.05) is 36.5 Å². The van der Waals surface area contributed by atoms with E-state index in [1.54, 1.807) is 4.90 Å². The van der Waals surface area contributed by atoms with E-state index in [-0.39, 0.29) is 66.4 Å². The second kappa shape index (κ2) is 15.8. The zero-order valence-corrected chi connectivity index (χ0v) is 34.0. The van der Waals surface area contributed by atoms with E-state index < -0.39 is 88.5 Å². The van der Waals surface area contributed by atoms with Crippen molar-refractivity contribution < 1.29 is 79.0 Å². The van der Waals surface area contributed by atoms with Crippen molar-refractivity contribution >= 4 is 74.1 Å². The highest BCUT2D eigenvalue weighted by atomic mass is 32.2. The number of anilines is 1. The number of nitrogens with zero attached hydrogens (tertiary/aromatic N) is 2. The minimum atomic E-state index is -5.12. The van der Waals surface area contributed by atoms with Gasteiger partial charge in [-0.1, -0.05) is 18.2 Å². The van der Waals surface area contributed by atoms with Gasteiger partial charge in [0.15, 0.2) is 5.71 Å². The van der Waals surface area contributed by atoms with Gasteiger partial charge in [0.2, 0.25) is 5.69 Å². The molecule has 308 valence electrons. The third kappa shape index (κ3) is 10.4. The maximum Gasteiger partial charge on any atom is 0.298 e. The van der Waals surface area contributed by atoms with E-state index in [4.69, 9.17) is 4.74 Å². The average molecular weight is 884 g/mol. The van der Waals surface area contributed by atoms with Crippen LogP contribution in [0.25, 0.3) is 0 Å². The van der Waals surface area contributed by atoms with Crippen LogP contribution in [0.5, 0.6) is 5.75 Å². The number of benzene rings is 2. The number of carbonyl (C=O) groups excluding carboxylic acids is 1. The molecule has 0 bridgehead atoms. The molecule has 2 heterocycles. The Bertz CT molecular complexity index is 2630. The van der Waals surface area contributed by atoms with Crippen molar-refractivity contribution in [3.63, 3.8) is 0 Å². The predicted molar refractivity (Wildman–Crippen MR) is 202 cm³/mol. The van der Waals surface area contributed by atoms with Crippen molar-refractivity contribution in [3.05, 3.63) is 77.5 Å². The van der Waals surface area contributed by atoms with Crippen LogP contribution in [0.2, 0.25) is 0 Å². The van der Waals surface area contributed by atoms with Gasteiger partial charge in [0.25, 0.3) is 57.1 Å². The second-order valence-electron chi connectivity index (χ2n) is 13.6. The zero-order valence-electron chi connectivity index (χ0n) is 29.9. The summed E-state index contributed by atoms with van der Waals surface area (Å²) < 4.78 is 175. The van der Waals surface area contributed by atoms with Gasteiger partial charge in [-0.3, -0.25) is 27.6 Å². The second-order valence-corrected chi connectivity index (χ2v) is 21.0. The van der Waals surface area contributed by atoms with Gasteiger partial charge in [0.1, 0.15) is 22.1 Å². The third-order valence-electron chi connectivity index (χ3n) is 9.14. The molecule has 2 aromatic carbocycles. The lowest BCUT2D eigenvalue weighted by atomic mass is 9.81. The van der Waals surface area contributed by atoms with Gasteiger partial charge in [0.05, 0.1) is 33.7 Å². The van der Waals surface area contributed by atoms with Crippen LogP contribution in [-0.4, -0.2) is 112 Å². The van der Waals surface area contributed by atoms with Crippen molar-refractivity contribution in [2.75, 3.05) is 35.2 Å². The molecule has 19 nitrogen and oxygen atoms in total. The number of hydrogen-bond donors (Lipinski definition) is 5. The number of fused-ring (bicyclic) bond motifs is 2. The number of hydrogen-bond acceptors (Lipinski definition) is 13. The molecule has 1 atom stereocenters. The first-order valence-electron chi connectivity index (χ1n) is 16.2. The molecular formula is C32H39N2O17S5+. The molecule has 0 saturated heterocycles. The summed E-state index contributed by atoms with van der Waals surface area (Å²) in [7, 11) is -23.7. The first-order valence-corrected chi connectivity index (χ1v) is 23.9. The number of allylic oxidation sites excluding steroid dienone is 6. The number of ether oxygens (including phenoxy) is 1. The van der Waals surface area contributed by atoms with Crippen molar-refractivity contribution in [2.24, 2.45) is 0 Å². The van der Waals surface area contributed by atoms with Gasteiger partial charge in [-0.15, -0.1) is 0 Å². The van der Waals surface area contributed by atoms with Crippen LogP contribution < -0.4 is 9.64 Å². The van der Waals surface area contributed by atoms with E-state index in [9.17, 15) is 69.6 Å². The summed E-state index contributed by atoms with van der Waals surface area (Å²) in [6, 6.07) is 5.82. The Kier molecular flexibility index (Phi) is 12.7. The largest absolute Gasteiger partial charge is 0.429 e. The molecule has 0 aliphatic carbocycles. The summed E-state index contributed by atoms with van der Waals surface area (Å²) in [6.07, 6.45) is 6.87. The van der Waals surface area contributed by atoms with E-state index in [1.807, 2.05) is 0 Å². The van der Waals surface area contributed by atoms with Crippen molar-refractivity contribution in [2.45, 2.75) is 54.2 Å². The lowest BCUT2D eigenvalue weighted by Gasteiger charge is -2.29. The van der Waals surface area contributed by atoms with Crippen LogP contribution in [0.3, 0.4) is 0 Å². The molecule has 24 heteroatoms. The fourth-order valence-electron chi connectivity index (χ4n) is 6.99. The first-order chi connectivity index (χ1) is 25.5. The van der Waals surface area contributed by atoms with Crippen LogP contribution in [0.15, 0.2) is 76.2 Å². The van der Waals surface area contributed by atoms with Crippen LogP contribution in [0, 0.1) is 0 Å². The van der Waals surface area contributed by atoms with E-state index in [0.717, 1.165) is 6.07 Å². The Morgan fingerprint density at radius 3 is 1.95 bits per heavy atom. The maximum atomic E-state index is 12.5. The molecule has 0 saturated carbocycles. The zero-order chi connectivity index (χ0) is 42.3. The van der Waals surface area contributed by atoms with Crippen LogP contribution in [0.4, 0.5) is 11.4 Å². The quantitative estimate of drug-likeness (QED) is 0.0659. The highest BCUT2D eigenvalue weighted by Crippen LogP contribution is 2.50. The fourth-order valence-corrected chi connectivity index (χ4v) is 10.5. The SMILES string of the molecule is CC1(C)C(/C=C/C=C/C=C2/N(CCCS(=O)(=O)O)c3ccc(OC=O)cc3C2(C)CS(=O)(=O)O)=[N+](CCCS(=O)(=O)O)c2cc(S(=O)(=O)O)cc(S(=O)(=O)O)c21. The van der Waals surface area contributed by atoms with Gasteiger partial charge < -0.3 is 9.64 Å².